The third kappa shape index (κ3) is 5.51. The number of amides is 2. The van der Waals surface area contributed by atoms with Gasteiger partial charge in [-0.3, -0.25) is 9.78 Å². The van der Waals surface area contributed by atoms with Gasteiger partial charge in [0.15, 0.2) is 0 Å². The molecule has 0 N–H and O–H groups in total. The standard InChI is InChI=1S/C23H28BrN3O5/c1-23(2,3)32-22(29)26-12-16(13-26)21(28)27(19-11-25-9-8-18(19)24)14-15-6-7-17(30-4)10-20(15)31-5/h6-11,16H,12-14H2,1-5H3. The summed E-state index contributed by atoms with van der Waals surface area (Å²) in [6.45, 7) is 6.34. The van der Waals surface area contributed by atoms with Crippen LogP contribution in [0.3, 0.4) is 0 Å². The highest BCUT2D eigenvalue weighted by atomic mass is 79.9. The molecule has 0 spiro atoms. The minimum Gasteiger partial charge on any atom is -0.497 e. The first-order chi connectivity index (χ1) is 15.1. The molecule has 2 heterocycles. The Morgan fingerprint density at radius 3 is 2.50 bits per heavy atom. The summed E-state index contributed by atoms with van der Waals surface area (Å²) in [6, 6.07) is 7.26. The highest BCUT2D eigenvalue weighted by molar-refractivity contribution is 9.10. The molecular weight excluding hydrogens is 478 g/mol. The third-order valence-corrected chi connectivity index (χ3v) is 5.68. The van der Waals surface area contributed by atoms with Crippen LogP contribution in [0.5, 0.6) is 11.5 Å². The van der Waals surface area contributed by atoms with Gasteiger partial charge in [-0.05, 0) is 54.9 Å². The molecule has 2 amide bonds. The van der Waals surface area contributed by atoms with Gasteiger partial charge in [-0.2, -0.15) is 0 Å². The first-order valence-electron chi connectivity index (χ1n) is 10.2. The van der Waals surface area contributed by atoms with Crippen molar-refractivity contribution < 1.29 is 23.8 Å². The van der Waals surface area contributed by atoms with E-state index in [0.717, 1.165) is 10.0 Å². The summed E-state index contributed by atoms with van der Waals surface area (Å²) in [5.41, 5.74) is 0.885. The number of carbonyl (C=O) groups excluding carboxylic acids is 2. The molecule has 9 heteroatoms. The van der Waals surface area contributed by atoms with Crippen molar-refractivity contribution in [1.29, 1.82) is 0 Å². The zero-order valence-corrected chi connectivity index (χ0v) is 20.5. The van der Waals surface area contributed by atoms with Crippen molar-refractivity contribution in [3.05, 3.63) is 46.7 Å². The molecule has 1 aromatic carbocycles. The van der Waals surface area contributed by atoms with E-state index in [-0.39, 0.29) is 18.4 Å². The van der Waals surface area contributed by atoms with E-state index in [1.807, 2.05) is 32.9 Å². The lowest BCUT2D eigenvalue weighted by Crippen LogP contribution is -2.57. The van der Waals surface area contributed by atoms with Gasteiger partial charge in [-0.25, -0.2) is 4.79 Å². The predicted molar refractivity (Wildman–Crippen MR) is 124 cm³/mol. The Bertz CT molecular complexity index is 986. The van der Waals surface area contributed by atoms with Crippen LogP contribution >= 0.6 is 15.9 Å². The molecule has 0 saturated carbocycles. The summed E-state index contributed by atoms with van der Waals surface area (Å²) in [7, 11) is 3.17. The second kappa shape index (κ2) is 9.77. The van der Waals surface area contributed by atoms with Crippen LogP contribution in [0.1, 0.15) is 26.3 Å². The lowest BCUT2D eigenvalue weighted by atomic mass is 9.98. The summed E-state index contributed by atoms with van der Waals surface area (Å²) in [5.74, 6) is 0.847. The first-order valence-corrected chi connectivity index (χ1v) is 11.0. The molecular formula is C23H28BrN3O5. The number of anilines is 1. The van der Waals surface area contributed by atoms with Crippen LogP contribution in [0.4, 0.5) is 10.5 Å². The van der Waals surface area contributed by atoms with Crippen molar-refractivity contribution in [2.45, 2.75) is 32.9 Å². The second-order valence-electron chi connectivity index (χ2n) is 8.51. The molecule has 32 heavy (non-hydrogen) atoms. The van der Waals surface area contributed by atoms with E-state index in [1.165, 1.54) is 4.90 Å². The quantitative estimate of drug-likeness (QED) is 0.583. The summed E-state index contributed by atoms with van der Waals surface area (Å²) >= 11 is 3.52. The van der Waals surface area contributed by atoms with Crippen LogP contribution in [-0.2, 0) is 16.1 Å². The molecule has 1 aromatic heterocycles. The lowest BCUT2D eigenvalue weighted by molar-refractivity contribution is -0.127. The topological polar surface area (TPSA) is 81.2 Å². The van der Waals surface area contributed by atoms with Crippen molar-refractivity contribution in [2.75, 3.05) is 32.2 Å². The summed E-state index contributed by atoms with van der Waals surface area (Å²) in [4.78, 5) is 33.2. The fraction of sp³-hybridized carbons (Fsp3) is 0.435. The Morgan fingerprint density at radius 1 is 1.19 bits per heavy atom. The van der Waals surface area contributed by atoms with Crippen LogP contribution in [0, 0.1) is 5.92 Å². The number of ether oxygens (including phenoxy) is 3. The molecule has 0 bridgehead atoms. The van der Waals surface area contributed by atoms with Crippen molar-refractivity contribution in [3.8, 4) is 11.5 Å². The summed E-state index contributed by atoms with van der Waals surface area (Å²) < 4.78 is 16.9. The van der Waals surface area contributed by atoms with E-state index in [4.69, 9.17) is 14.2 Å². The van der Waals surface area contributed by atoms with Gasteiger partial charge in [0.1, 0.15) is 17.1 Å². The monoisotopic (exact) mass is 505 g/mol. The molecule has 2 aromatic rings. The number of carbonyl (C=O) groups is 2. The number of rotatable bonds is 6. The molecule has 0 unspecified atom stereocenters. The van der Waals surface area contributed by atoms with Crippen molar-refractivity contribution >= 4 is 33.6 Å². The average molecular weight is 506 g/mol. The van der Waals surface area contributed by atoms with Gasteiger partial charge in [-0.15, -0.1) is 0 Å². The predicted octanol–water partition coefficient (Wildman–Crippen LogP) is 4.26. The van der Waals surface area contributed by atoms with E-state index < -0.39 is 11.7 Å². The number of likely N-dealkylation sites (tertiary alicyclic amines) is 1. The Balaban J connectivity index is 1.82. The molecule has 0 radical (unpaired) electrons. The largest absolute Gasteiger partial charge is 0.497 e. The van der Waals surface area contributed by atoms with E-state index in [9.17, 15) is 9.59 Å². The minimum absolute atomic E-state index is 0.101. The van der Waals surface area contributed by atoms with Gasteiger partial charge in [-0.1, -0.05) is 0 Å². The molecule has 1 aliphatic heterocycles. The lowest BCUT2D eigenvalue weighted by Gasteiger charge is -2.41. The van der Waals surface area contributed by atoms with Gasteiger partial charge >= 0.3 is 6.09 Å². The number of methoxy groups -OCH3 is 2. The highest BCUT2D eigenvalue weighted by Crippen LogP contribution is 2.33. The van der Waals surface area contributed by atoms with Crippen LogP contribution in [-0.4, -0.2) is 54.8 Å². The fourth-order valence-corrected chi connectivity index (χ4v) is 3.77. The van der Waals surface area contributed by atoms with Crippen LogP contribution in [0.25, 0.3) is 0 Å². The maximum atomic E-state index is 13.5. The van der Waals surface area contributed by atoms with Gasteiger partial charge in [0.05, 0.1) is 38.6 Å². The average Bonchev–Trinajstić information content (AvgIpc) is 2.70. The Hall–Kier alpha value is -2.81. The second-order valence-corrected chi connectivity index (χ2v) is 9.37. The number of benzene rings is 1. The SMILES string of the molecule is COc1ccc(CN(C(=O)C2CN(C(=O)OC(C)(C)C)C2)c2cnccc2Br)c(OC)c1. The van der Waals surface area contributed by atoms with Gasteiger partial charge in [0, 0.05) is 35.4 Å². The minimum atomic E-state index is -0.580. The van der Waals surface area contributed by atoms with E-state index in [2.05, 4.69) is 20.9 Å². The number of hydrogen-bond donors (Lipinski definition) is 0. The summed E-state index contributed by atoms with van der Waals surface area (Å²) in [5, 5.41) is 0. The fourth-order valence-electron chi connectivity index (χ4n) is 3.33. The van der Waals surface area contributed by atoms with Crippen LogP contribution in [0.15, 0.2) is 41.1 Å². The van der Waals surface area contributed by atoms with Crippen molar-refractivity contribution in [3.63, 3.8) is 0 Å². The molecule has 1 aliphatic rings. The number of hydrogen-bond acceptors (Lipinski definition) is 6. The van der Waals surface area contributed by atoms with Crippen molar-refractivity contribution in [1.82, 2.24) is 9.88 Å². The van der Waals surface area contributed by atoms with E-state index in [0.29, 0.717) is 30.3 Å². The first kappa shape index (κ1) is 23.8. The molecule has 0 atom stereocenters. The number of aromatic nitrogens is 1. The smallest absolute Gasteiger partial charge is 0.410 e. The van der Waals surface area contributed by atoms with E-state index in [1.54, 1.807) is 43.6 Å². The van der Waals surface area contributed by atoms with E-state index >= 15 is 0 Å². The van der Waals surface area contributed by atoms with Gasteiger partial charge in [0.25, 0.3) is 0 Å². The summed E-state index contributed by atoms with van der Waals surface area (Å²) in [6.07, 6.45) is 2.88. The third-order valence-electron chi connectivity index (χ3n) is 5.01. The molecule has 172 valence electrons. The molecule has 0 aliphatic carbocycles. The number of halogens is 1. The van der Waals surface area contributed by atoms with Crippen LogP contribution in [0.2, 0.25) is 0 Å². The van der Waals surface area contributed by atoms with Gasteiger partial charge in [0.2, 0.25) is 5.91 Å². The van der Waals surface area contributed by atoms with Crippen LogP contribution < -0.4 is 14.4 Å². The zero-order valence-electron chi connectivity index (χ0n) is 18.9. The number of nitrogens with zero attached hydrogens (tertiary/aromatic N) is 3. The van der Waals surface area contributed by atoms with Crippen molar-refractivity contribution in [2.24, 2.45) is 5.92 Å². The number of pyridine rings is 1. The molecule has 8 nitrogen and oxygen atoms in total. The highest BCUT2D eigenvalue weighted by Gasteiger charge is 2.40. The van der Waals surface area contributed by atoms with Gasteiger partial charge < -0.3 is 24.0 Å². The molecule has 3 rings (SSSR count). The zero-order chi connectivity index (χ0) is 23.5. The maximum Gasteiger partial charge on any atom is 0.410 e. The Labute approximate surface area is 196 Å². The Kier molecular flexibility index (Phi) is 7.28. The molecule has 1 fully saturated rings. The molecule has 1 saturated heterocycles. The Morgan fingerprint density at radius 2 is 1.91 bits per heavy atom. The maximum absolute atomic E-state index is 13.5. The normalized spacial score (nSPS) is 13.9.